The van der Waals surface area contributed by atoms with Crippen LogP contribution in [0.25, 0.3) is 11.1 Å². The first-order valence-electron chi connectivity index (χ1n) is 11.6. The van der Waals surface area contributed by atoms with Crippen molar-refractivity contribution in [3.63, 3.8) is 0 Å². The van der Waals surface area contributed by atoms with Crippen molar-refractivity contribution in [3.8, 4) is 11.1 Å². The number of rotatable bonds is 6. The van der Waals surface area contributed by atoms with Crippen LogP contribution < -0.4 is 0 Å². The zero-order valence-electron chi connectivity index (χ0n) is 18.1. The summed E-state index contributed by atoms with van der Waals surface area (Å²) < 4.78 is 12.2. The van der Waals surface area contributed by atoms with Gasteiger partial charge in [0.1, 0.15) is 0 Å². The lowest BCUT2D eigenvalue weighted by atomic mass is 9.78. The minimum Gasteiger partial charge on any atom is -0.352 e. The summed E-state index contributed by atoms with van der Waals surface area (Å²) in [6.45, 7) is 6.18. The van der Waals surface area contributed by atoms with Gasteiger partial charge in [-0.15, -0.1) is 0 Å². The van der Waals surface area contributed by atoms with Crippen LogP contribution in [0.2, 0.25) is 0 Å². The van der Waals surface area contributed by atoms with E-state index in [1.807, 2.05) is 0 Å². The van der Waals surface area contributed by atoms with Crippen molar-refractivity contribution in [1.82, 2.24) is 0 Å². The van der Waals surface area contributed by atoms with Gasteiger partial charge in [-0.05, 0) is 61.6 Å². The highest BCUT2D eigenvalue weighted by atomic mass is 16.7. The van der Waals surface area contributed by atoms with Gasteiger partial charge in [-0.1, -0.05) is 73.9 Å². The minimum atomic E-state index is 0.0396. The number of ether oxygens (including phenoxy) is 2. The van der Waals surface area contributed by atoms with E-state index >= 15 is 0 Å². The zero-order valence-corrected chi connectivity index (χ0v) is 18.1. The highest BCUT2D eigenvalue weighted by Gasteiger charge is 2.32. The lowest BCUT2D eigenvalue weighted by Crippen LogP contribution is -2.38. The van der Waals surface area contributed by atoms with Gasteiger partial charge in [0.15, 0.2) is 6.29 Å². The van der Waals surface area contributed by atoms with Crippen LogP contribution in [0.4, 0.5) is 0 Å². The fourth-order valence-electron chi connectivity index (χ4n) is 4.91. The Kier molecular flexibility index (Phi) is 7.05. The van der Waals surface area contributed by atoms with Crippen molar-refractivity contribution < 1.29 is 9.47 Å². The van der Waals surface area contributed by atoms with E-state index in [0.29, 0.717) is 17.8 Å². The van der Waals surface area contributed by atoms with E-state index in [9.17, 15) is 0 Å². The number of benzene rings is 2. The molecule has 1 saturated heterocycles. The molecule has 2 fully saturated rings. The van der Waals surface area contributed by atoms with Crippen LogP contribution >= 0.6 is 0 Å². The minimum absolute atomic E-state index is 0.0396. The molecule has 0 atom stereocenters. The summed E-state index contributed by atoms with van der Waals surface area (Å²) in [5.41, 5.74) is 5.41. The molecule has 0 unspecified atom stereocenters. The Morgan fingerprint density at radius 2 is 1.38 bits per heavy atom. The van der Waals surface area contributed by atoms with E-state index in [1.54, 1.807) is 0 Å². The second-order valence-electron chi connectivity index (χ2n) is 9.14. The third-order valence-corrected chi connectivity index (χ3v) is 6.88. The molecule has 2 aromatic rings. The first-order chi connectivity index (χ1) is 14.2. The topological polar surface area (TPSA) is 18.5 Å². The second-order valence-corrected chi connectivity index (χ2v) is 9.14. The maximum absolute atomic E-state index is 6.12. The van der Waals surface area contributed by atoms with Crippen molar-refractivity contribution in [3.05, 3.63) is 59.7 Å². The smallest absolute Gasteiger partial charge is 0.160 e. The molecule has 0 bridgehead atoms. The van der Waals surface area contributed by atoms with Gasteiger partial charge >= 0.3 is 0 Å². The van der Waals surface area contributed by atoms with Gasteiger partial charge in [-0.25, -0.2) is 0 Å². The van der Waals surface area contributed by atoms with E-state index in [0.717, 1.165) is 13.2 Å². The summed E-state index contributed by atoms with van der Waals surface area (Å²) in [4.78, 5) is 0. The van der Waals surface area contributed by atoms with Crippen molar-refractivity contribution in [2.24, 2.45) is 11.8 Å². The van der Waals surface area contributed by atoms with Crippen molar-refractivity contribution in [2.75, 3.05) is 13.2 Å². The molecule has 0 radical (unpaired) electrons. The zero-order chi connectivity index (χ0) is 20.1. The molecule has 0 N–H and O–H groups in total. The molecular weight excluding hydrogens is 356 g/mol. The van der Waals surface area contributed by atoms with Gasteiger partial charge in [-0.2, -0.15) is 0 Å². The molecular formula is C27H36O2. The molecule has 2 aliphatic rings. The predicted molar refractivity (Wildman–Crippen MR) is 120 cm³/mol. The molecule has 1 aliphatic carbocycles. The molecule has 1 heterocycles. The fraction of sp³-hybridized carbons (Fsp3) is 0.556. The first-order valence-corrected chi connectivity index (χ1v) is 11.6. The lowest BCUT2D eigenvalue weighted by Gasteiger charge is -2.37. The molecule has 29 heavy (non-hydrogen) atoms. The number of aryl methyl sites for hydroxylation is 1. The summed E-state index contributed by atoms with van der Waals surface area (Å²) in [7, 11) is 0. The van der Waals surface area contributed by atoms with E-state index in [2.05, 4.69) is 62.4 Å². The van der Waals surface area contributed by atoms with Gasteiger partial charge in [0.25, 0.3) is 0 Å². The van der Waals surface area contributed by atoms with Gasteiger partial charge in [0, 0.05) is 11.8 Å². The highest BCUT2D eigenvalue weighted by Crippen LogP contribution is 2.39. The molecule has 2 aromatic carbocycles. The summed E-state index contributed by atoms with van der Waals surface area (Å²) in [6, 6.07) is 18.1. The fourth-order valence-corrected chi connectivity index (χ4v) is 4.91. The van der Waals surface area contributed by atoms with Crippen LogP contribution in [0, 0.1) is 18.8 Å². The Bertz CT molecular complexity index is 733. The molecule has 2 heteroatoms. The van der Waals surface area contributed by atoms with Crippen molar-refractivity contribution in [1.29, 1.82) is 0 Å². The van der Waals surface area contributed by atoms with Gasteiger partial charge < -0.3 is 9.47 Å². The molecule has 1 saturated carbocycles. The quantitative estimate of drug-likeness (QED) is 0.521. The highest BCUT2D eigenvalue weighted by molar-refractivity contribution is 5.64. The second kappa shape index (κ2) is 9.91. The number of hydrogen-bond donors (Lipinski definition) is 0. The van der Waals surface area contributed by atoms with Gasteiger partial charge in [0.2, 0.25) is 0 Å². The normalized spacial score (nSPS) is 27.7. The van der Waals surface area contributed by atoms with Crippen LogP contribution in [0.15, 0.2) is 48.5 Å². The predicted octanol–water partition coefficient (Wildman–Crippen LogP) is 7.12. The Balaban J connectivity index is 1.27. The molecule has 0 spiro atoms. The van der Waals surface area contributed by atoms with Crippen LogP contribution in [0.5, 0.6) is 0 Å². The van der Waals surface area contributed by atoms with Gasteiger partial charge in [-0.3, -0.25) is 0 Å². The Morgan fingerprint density at radius 1 is 0.793 bits per heavy atom. The average molecular weight is 393 g/mol. The Hall–Kier alpha value is -1.64. The monoisotopic (exact) mass is 392 g/mol. The largest absolute Gasteiger partial charge is 0.352 e. The summed E-state index contributed by atoms with van der Waals surface area (Å²) in [6.07, 6.45) is 8.76. The maximum Gasteiger partial charge on any atom is 0.160 e. The molecule has 156 valence electrons. The molecule has 0 aromatic heterocycles. The number of unbranched alkanes of at least 4 members (excludes halogenated alkanes) is 1. The van der Waals surface area contributed by atoms with Crippen LogP contribution in [-0.2, 0) is 9.47 Å². The van der Waals surface area contributed by atoms with Crippen molar-refractivity contribution >= 4 is 0 Å². The third kappa shape index (κ3) is 5.29. The van der Waals surface area contributed by atoms with Crippen molar-refractivity contribution in [2.45, 2.75) is 71.0 Å². The van der Waals surface area contributed by atoms with Crippen LogP contribution in [-0.4, -0.2) is 19.5 Å². The third-order valence-electron chi connectivity index (χ3n) is 6.88. The molecule has 0 amide bonds. The lowest BCUT2D eigenvalue weighted by molar-refractivity contribution is -0.229. The summed E-state index contributed by atoms with van der Waals surface area (Å²) >= 11 is 0. The SMILES string of the molecule is CCCCC1COC(C2CCC(c3ccc(-c4ccc(C)cc4)cc3)CC2)OC1. The molecule has 4 rings (SSSR count). The maximum atomic E-state index is 6.12. The standard InChI is InChI=1S/C27H36O2/c1-3-4-5-21-18-28-27(29-19-21)26-16-14-25(15-17-26)24-12-10-23(11-13-24)22-8-6-20(2)7-9-22/h6-13,21,25-27H,3-5,14-19H2,1-2H3. The Morgan fingerprint density at radius 3 is 1.97 bits per heavy atom. The van der Waals surface area contributed by atoms with Crippen LogP contribution in [0.3, 0.4) is 0 Å². The Labute approximate surface area is 176 Å². The van der Waals surface area contributed by atoms with Crippen LogP contribution in [0.1, 0.15) is 68.9 Å². The van der Waals surface area contributed by atoms with E-state index < -0.39 is 0 Å². The summed E-state index contributed by atoms with van der Waals surface area (Å²) in [5, 5.41) is 0. The first kappa shape index (κ1) is 20.6. The number of hydrogen-bond acceptors (Lipinski definition) is 2. The van der Waals surface area contributed by atoms with E-state index in [4.69, 9.17) is 9.47 Å². The van der Waals surface area contributed by atoms with Gasteiger partial charge in [0.05, 0.1) is 13.2 Å². The molecule has 1 aliphatic heterocycles. The average Bonchev–Trinajstić information content (AvgIpc) is 2.79. The summed E-state index contributed by atoms with van der Waals surface area (Å²) in [5.74, 6) is 1.86. The van der Waals surface area contributed by atoms with E-state index in [-0.39, 0.29) is 6.29 Å². The van der Waals surface area contributed by atoms with E-state index in [1.165, 1.54) is 67.2 Å². The molecule has 2 nitrogen and oxygen atoms in total.